The number of nitrogens with zero attached hydrogens (tertiary/aromatic N) is 2. The maximum atomic E-state index is 12.9. The number of halogens is 1. The van der Waals surface area contributed by atoms with Crippen molar-refractivity contribution >= 4 is 5.91 Å². The minimum Gasteiger partial charge on any atom is -0.441 e. The normalized spacial score (nSPS) is 15.8. The molecule has 1 N–H and O–H groups in total. The molecule has 6 heteroatoms. The third-order valence-corrected chi connectivity index (χ3v) is 4.30. The van der Waals surface area contributed by atoms with Gasteiger partial charge in [-0.1, -0.05) is 0 Å². The molecule has 1 aromatic heterocycles. The van der Waals surface area contributed by atoms with E-state index in [1.807, 2.05) is 0 Å². The van der Waals surface area contributed by atoms with E-state index in [1.165, 1.54) is 12.1 Å². The molecule has 1 heterocycles. The number of oxazole rings is 1. The first-order chi connectivity index (χ1) is 11.6. The van der Waals surface area contributed by atoms with E-state index in [0.717, 1.165) is 18.4 Å². The Labute approximate surface area is 139 Å². The number of carbonyl (C=O) groups is 1. The summed E-state index contributed by atoms with van der Waals surface area (Å²) in [5.41, 5.74) is 0.0291. The topological polar surface area (TPSA) is 78.9 Å². The van der Waals surface area contributed by atoms with Crippen LogP contribution in [0.3, 0.4) is 0 Å². The Bertz CT molecular complexity index is 755. The second kappa shape index (κ2) is 6.83. The zero-order valence-corrected chi connectivity index (χ0v) is 13.2. The van der Waals surface area contributed by atoms with Gasteiger partial charge in [-0.3, -0.25) is 4.79 Å². The van der Waals surface area contributed by atoms with Crippen LogP contribution in [0.15, 0.2) is 34.9 Å². The van der Waals surface area contributed by atoms with Crippen molar-refractivity contribution in [3.8, 4) is 17.4 Å². The molecule has 124 valence electrons. The van der Waals surface area contributed by atoms with Gasteiger partial charge in [0.1, 0.15) is 11.4 Å². The highest BCUT2D eigenvalue weighted by Gasteiger charge is 2.35. The molecule has 0 atom stereocenters. The first kappa shape index (κ1) is 16.2. The highest BCUT2D eigenvalue weighted by Crippen LogP contribution is 2.29. The molecule has 0 unspecified atom stereocenters. The summed E-state index contributed by atoms with van der Waals surface area (Å²) in [4.78, 5) is 16.2. The molecule has 1 aliphatic carbocycles. The predicted octanol–water partition coefficient (Wildman–Crippen LogP) is 3.37. The summed E-state index contributed by atoms with van der Waals surface area (Å²) < 4.78 is 18.5. The third-order valence-electron chi connectivity index (χ3n) is 4.30. The molecule has 0 spiro atoms. The Balaban J connectivity index is 1.56. The van der Waals surface area contributed by atoms with Gasteiger partial charge in [-0.2, -0.15) is 5.26 Å². The van der Waals surface area contributed by atoms with E-state index in [4.69, 9.17) is 4.42 Å². The number of hydrogen-bond acceptors (Lipinski definition) is 4. The van der Waals surface area contributed by atoms with Gasteiger partial charge >= 0.3 is 0 Å². The average Bonchev–Trinajstić information content (AvgIpc) is 3.24. The van der Waals surface area contributed by atoms with E-state index in [9.17, 15) is 14.4 Å². The van der Waals surface area contributed by atoms with E-state index in [-0.39, 0.29) is 18.1 Å². The Morgan fingerprint density at radius 3 is 2.71 bits per heavy atom. The van der Waals surface area contributed by atoms with Crippen molar-refractivity contribution < 1.29 is 13.6 Å². The molecule has 2 aromatic rings. The lowest BCUT2D eigenvalue weighted by Gasteiger charge is -2.21. The lowest BCUT2D eigenvalue weighted by Crippen LogP contribution is -2.45. The fourth-order valence-corrected chi connectivity index (χ4v) is 2.97. The Kier molecular flexibility index (Phi) is 4.61. The van der Waals surface area contributed by atoms with E-state index in [2.05, 4.69) is 16.4 Å². The molecule has 0 bridgehead atoms. The van der Waals surface area contributed by atoms with Crippen molar-refractivity contribution in [3.05, 3.63) is 42.2 Å². The number of carbonyl (C=O) groups excluding carboxylic acids is 1. The molecule has 1 saturated carbocycles. The van der Waals surface area contributed by atoms with Gasteiger partial charge in [0.05, 0.1) is 12.3 Å². The Morgan fingerprint density at radius 1 is 1.33 bits per heavy atom. The lowest BCUT2D eigenvalue weighted by molar-refractivity contribution is -0.122. The molecule has 1 aromatic carbocycles. The fraction of sp³-hybridized carbons (Fsp3) is 0.389. The van der Waals surface area contributed by atoms with Gasteiger partial charge in [0, 0.05) is 18.4 Å². The Morgan fingerprint density at radius 2 is 2.04 bits per heavy atom. The number of aromatic nitrogens is 1. The van der Waals surface area contributed by atoms with Crippen LogP contribution >= 0.6 is 0 Å². The summed E-state index contributed by atoms with van der Waals surface area (Å²) in [6.45, 7) is 0. The van der Waals surface area contributed by atoms with Crippen LogP contribution in [0, 0.1) is 17.1 Å². The van der Waals surface area contributed by atoms with Gasteiger partial charge < -0.3 is 9.73 Å². The minimum absolute atomic E-state index is 0.167. The van der Waals surface area contributed by atoms with Crippen LogP contribution in [0.5, 0.6) is 0 Å². The van der Waals surface area contributed by atoms with Crippen molar-refractivity contribution in [1.29, 1.82) is 5.26 Å². The Hall–Kier alpha value is -2.68. The van der Waals surface area contributed by atoms with Gasteiger partial charge in [-0.25, -0.2) is 9.37 Å². The summed E-state index contributed by atoms with van der Waals surface area (Å²) in [6, 6.07) is 8.17. The van der Waals surface area contributed by atoms with Crippen molar-refractivity contribution in [1.82, 2.24) is 10.3 Å². The monoisotopic (exact) mass is 327 g/mol. The van der Waals surface area contributed by atoms with Crippen molar-refractivity contribution in [2.24, 2.45) is 0 Å². The largest absolute Gasteiger partial charge is 0.441 e. The first-order valence-electron chi connectivity index (χ1n) is 8.03. The smallest absolute Gasteiger partial charge is 0.221 e. The van der Waals surface area contributed by atoms with E-state index in [0.29, 0.717) is 30.9 Å². The molecule has 1 fully saturated rings. The zero-order chi connectivity index (χ0) is 17.0. The number of benzene rings is 1. The van der Waals surface area contributed by atoms with Crippen LogP contribution in [-0.2, 0) is 11.2 Å². The maximum Gasteiger partial charge on any atom is 0.221 e. The summed E-state index contributed by atoms with van der Waals surface area (Å²) in [6.07, 6.45) is 5.49. The fourth-order valence-electron chi connectivity index (χ4n) is 2.97. The zero-order valence-electron chi connectivity index (χ0n) is 13.2. The molecule has 0 aliphatic heterocycles. The van der Waals surface area contributed by atoms with Crippen molar-refractivity contribution in [3.63, 3.8) is 0 Å². The molecular weight excluding hydrogens is 309 g/mol. The summed E-state index contributed by atoms with van der Waals surface area (Å²) >= 11 is 0. The van der Waals surface area contributed by atoms with Crippen LogP contribution in [0.2, 0.25) is 0 Å². The highest BCUT2D eigenvalue weighted by molar-refractivity contribution is 5.77. The molecule has 0 saturated heterocycles. The quantitative estimate of drug-likeness (QED) is 0.913. The van der Waals surface area contributed by atoms with E-state index >= 15 is 0 Å². The second-order valence-electron chi connectivity index (χ2n) is 6.07. The summed E-state index contributed by atoms with van der Waals surface area (Å²) in [5, 5.41) is 12.1. The lowest BCUT2D eigenvalue weighted by atomic mass is 9.99. The predicted molar refractivity (Wildman–Crippen MR) is 85.2 cm³/mol. The molecule has 24 heavy (non-hydrogen) atoms. The molecule has 1 amide bonds. The van der Waals surface area contributed by atoms with Crippen LogP contribution in [0.4, 0.5) is 4.39 Å². The van der Waals surface area contributed by atoms with Gasteiger partial charge in [-0.15, -0.1) is 0 Å². The van der Waals surface area contributed by atoms with Gasteiger partial charge in [0.25, 0.3) is 0 Å². The molecule has 1 aliphatic rings. The molecule has 3 rings (SSSR count). The van der Waals surface area contributed by atoms with Gasteiger partial charge in [-0.05, 0) is 49.9 Å². The van der Waals surface area contributed by atoms with E-state index in [1.54, 1.807) is 18.3 Å². The first-order valence-corrected chi connectivity index (χ1v) is 8.03. The SMILES string of the molecule is N#CC1(NC(=O)CCc2ncc(-c3ccc(F)cc3)o2)CCCC1. The number of nitrogens with one attached hydrogen (secondary N) is 1. The number of hydrogen-bond donors (Lipinski definition) is 1. The number of rotatable bonds is 5. The summed E-state index contributed by atoms with van der Waals surface area (Å²) in [7, 11) is 0. The van der Waals surface area contributed by atoms with Crippen LogP contribution in [-0.4, -0.2) is 16.4 Å². The maximum absolute atomic E-state index is 12.9. The molecule has 0 radical (unpaired) electrons. The van der Waals surface area contributed by atoms with Crippen LogP contribution < -0.4 is 5.32 Å². The van der Waals surface area contributed by atoms with Gasteiger partial charge in [0.15, 0.2) is 11.7 Å². The third kappa shape index (κ3) is 3.62. The number of aryl methyl sites for hydroxylation is 1. The van der Waals surface area contributed by atoms with Crippen molar-refractivity contribution in [2.45, 2.75) is 44.1 Å². The number of amides is 1. The second-order valence-corrected chi connectivity index (χ2v) is 6.07. The molecule has 5 nitrogen and oxygen atoms in total. The van der Waals surface area contributed by atoms with Crippen LogP contribution in [0.25, 0.3) is 11.3 Å². The minimum atomic E-state index is -0.701. The highest BCUT2D eigenvalue weighted by atomic mass is 19.1. The summed E-state index contributed by atoms with van der Waals surface area (Å²) in [5.74, 6) is 0.505. The van der Waals surface area contributed by atoms with Crippen LogP contribution in [0.1, 0.15) is 38.0 Å². The van der Waals surface area contributed by atoms with E-state index < -0.39 is 5.54 Å². The standard InChI is InChI=1S/C18H18FN3O2/c19-14-5-3-13(4-6-14)15-11-21-17(24-15)8-7-16(23)22-18(12-20)9-1-2-10-18/h3-6,11H,1-2,7-10H2,(H,22,23). The molecular formula is C18H18FN3O2. The average molecular weight is 327 g/mol. The number of nitriles is 1. The van der Waals surface area contributed by atoms with Crippen molar-refractivity contribution in [2.75, 3.05) is 0 Å². The van der Waals surface area contributed by atoms with Gasteiger partial charge in [0.2, 0.25) is 5.91 Å².